The van der Waals surface area contributed by atoms with E-state index in [2.05, 4.69) is 10.1 Å². The molecule has 2 N–H and O–H groups in total. The number of esters is 1. The fourth-order valence-electron chi connectivity index (χ4n) is 1.48. The van der Waals surface area contributed by atoms with Crippen LogP contribution in [0.2, 0.25) is 0 Å². The summed E-state index contributed by atoms with van der Waals surface area (Å²) < 4.78 is 4.47. The van der Waals surface area contributed by atoms with Crippen molar-refractivity contribution in [3.8, 4) is 0 Å². The average Bonchev–Trinajstić information content (AvgIpc) is 2.33. The summed E-state index contributed by atoms with van der Waals surface area (Å²) in [6.07, 6.45) is 0.330. The molecule has 0 saturated carbocycles. The number of likely N-dealkylation sites (N-methyl/N-ethyl adjacent to an activating group) is 1. The molecule has 0 heterocycles. The van der Waals surface area contributed by atoms with Crippen LogP contribution in [0.15, 0.2) is 0 Å². The van der Waals surface area contributed by atoms with Crippen molar-refractivity contribution in [2.45, 2.75) is 33.2 Å². The average molecular weight is 274 g/mol. The number of carboxylic acid groups (broad SMARTS) is 1. The van der Waals surface area contributed by atoms with Gasteiger partial charge >= 0.3 is 18.0 Å². The van der Waals surface area contributed by atoms with Crippen molar-refractivity contribution in [1.82, 2.24) is 10.2 Å². The van der Waals surface area contributed by atoms with Crippen molar-refractivity contribution in [3.05, 3.63) is 0 Å². The number of nitrogens with zero attached hydrogens (tertiary/aromatic N) is 1. The largest absolute Gasteiger partial charge is 0.480 e. The zero-order valence-electron chi connectivity index (χ0n) is 11.8. The van der Waals surface area contributed by atoms with E-state index in [1.165, 1.54) is 12.0 Å². The normalized spacial score (nSPS) is 11.8. The lowest BCUT2D eigenvalue weighted by Crippen LogP contribution is -2.49. The van der Waals surface area contributed by atoms with E-state index < -0.39 is 24.0 Å². The van der Waals surface area contributed by atoms with Gasteiger partial charge in [0.15, 0.2) is 0 Å². The van der Waals surface area contributed by atoms with Gasteiger partial charge < -0.3 is 20.1 Å². The molecule has 0 aromatic heterocycles. The highest BCUT2D eigenvalue weighted by molar-refractivity contribution is 5.85. The molecule has 2 amide bonds. The van der Waals surface area contributed by atoms with Gasteiger partial charge in [-0.3, -0.25) is 4.79 Å². The third kappa shape index (κ3) is 6.64. The van der Waals surface area contributed by atoms with E-state index in [0.717, 1.165) is 0 Å². The minimum atomic E-state index is -1.09. The van der Waals surface area contributed by atoms with Gasteiger partial charge in [0.1, 0.15) is 12.6 Å². The number of carbonyl (C=O) groups is 3. The van der Waals surface area contributed by atoms with E-state index in [-0.39, 0.29) is 19.0 Å². The molecule has 110 valence electrons. The van der Waals surface area contributed by atoms with Crippen molar-refractivity contribution in [2.24, 2.45) is 5.92 Å². The third-order valence-corrected chi connectivity index (χ3v) is 2.52. The Labute approximate surface area is 112 Å². The first-order chi connectivity index (χ1) is 8.81. The first-order valence-corrected chi connectivity index (χ1v) is 6.16. The number of carboxylic acids is 1. The van der Waals surface area contributed by atoms with E-state index in [1.54, 1.807) is 6.92 Å². The Morgan fingerprint density at radius 1 is 1.32 bits per heavy atom. The summed E-state index contributed by atoms with van der Waals surface area (Å²) in [4.78, 5) is 35.2. The third-order valence-electron chi connectivity index (χ3n) is 2.52. The van der Waals surface area contributed by atoms with Gasteiger partial charge in [0.05, 0.1) is 7.11 Å². The Balaban J connectivity index is 4.59. The highest BCUT2D eigenvalue weighted by Crippen LogP contribution is 2.05. The lowest BCUT2D eigenvalue weighted by atomic mass is 10.0. The zero-order chi connectivity index (χ0) is 15.0. The fourth-order valence-corrected chi connectivity index (χ4v) is 1.48. The molecule has 0 aromatic carbocycles. The summed E-state index contributed by atoms with van der Waals surface area (Å²) in [5, 5.41) is 11.4. The maximum Gasteiger partial charge on any atom is 0.326 e. The molecule has 19 heavy (non-hydrogen) atoms. The molecule has 0 aromatic rings. The van der Waals surface area contributed by atoms with E-state index in [9.17, 15) is 14.4 Å². The molecule has 7 heteroatoms. The van der Waals surface area contributed by atoms with E-state index >= 15 is 0 Å². The van der Waals surface area contributed by atoms with Crippen LogP contribution in [0.3, 0.4) is 0 Å². The van der Waals surface area contributed by atoms with Crippen molar-refractivity contribution in [1.29, 1.82) is 0 Å². The Morgan fingerprint density at radius 2 is 1.89 bits per heavy atom. The topological polar surface area (TPSA) is 95.9 Å². The van der Waals surface area contributed by atoms with Crippen LogP contribution in [0, 0.1) is 5.92 Å². The zero-order valence-corrected chi connectivity index (χ0v) is 11.8. The lowest BCUT2D eigenvalue weighted by Gasteiger charge is -2.23. The van der Waals surface area contributed by atoms with Crippen molar-refractivity contribution >= 4 is 18.0 Å². The molecule has 0 spiro atoms. The summed E-state index contributed by atoms with van der Waals surface area (Å²) in [7, 11) is 1.23. The van der Waals surface area contributed by atoms with Gasteiger partial charge in [-0.25, -0.2) is 9.59 Å². The molecule has 0 unspecified atom stereocenters. The second-order valence-corrected chi connectivity index (χ2v) is 4.56. The summed E-state index contributed by atoms with van der Waals surface area (Å²) in [5.74, 6) is -1.50. The predicted octanol–water partition coefficient (Wildman–Crippen LogP) is 0.690. The number of urea groups is 1. The molecule has 0 radical (unpaired) electrons. The number of nitrogens with one attached hydrogen (secondary N) is 1. The molecule has 0 saturated heterocycles. The molecule has 1 atom stereocenters. The lowest BCUT2D eigenvalue weighted by molar-refractivity contribution is -0.141. The standard InChI is InChI=1S/C12H22N2O5/c1-5-14(7-10(15)19-4)12(18)13-9(11(16)17)6-8(2)3/h8-9H,5-7H2,1-4H3,(H,13,18)(H,16,17)/t9-/m0/s1. The van der Waals surface area contributed by atoms with Crippen molar-refractivity contribution in [2.75, 3.05) is 20.2 Å². The number of rotatable bonds is 7. The highest BCUT2D eigenvalue weighted by atomic mass is 16.5. The van der Waals surface area contributed by atoms with Gasteiger partial charge in [-0.2, -0.15) is 0 Å². The van der Waals surface area contributed by atoms with Crippen molar-refractivity contribution in [3.63, 3.8) is 0 Å². The first-order valence-electron chi connectivity index (χ1n) is 6.16. The van der Waals surface area contributed by atoms with Crippen LogP contribution >= 0.6 is 0 Å². The second-order valence-electron chi connectivity index (χ2n) is 4.56. The van der Waals surface area contributed by atoms with E-state index in [4.69, 9.17) is 5.11 Å². The summed E-state index contributed by atoms with van der Waals surface area (Å²) in [6, 6.07) is -1.54. The van der Waals surface area contributed by atoms with Gasteiger partial charge in [-0.15, -0.1) is 0 Å². The molecule has 0 fully saturated rings. The number of amides is 2. The highest BCUT2D eigenvalue weighted by Gasteiger charge is 2.24. The van der Waals surface area contributed by atoms with Gasteiger partial charge in [-0.1, -0.05) is 13.8 Å². The maximum atomic E-state index is 11.9. The minimum Gasteiger partial charge on any atom is -0.480 e. The number of carbonyl (C=O) groups excluding carboxylic acids is 2. The summed E-state index contributed by atoms with van der Waals surface area (Å²) in [6.45, 7) is 5.52. The molecule has 0 aliphatic rings. The molecular weight excluding hydrogens is 252 g/mol. The SMILES string of the molecule is CCN(CC(=O)OC)C(=O)N[C@@H](CC(C)C)C(=O)O. The Hall–Kier alpha value is -1.79. The predicted molar refractivity (Wildman–Crippen MR) is 68.7 cm³/mol. The van der Waals surface area contributed by atoms with Crippen molar-refractivity contribution < 1.29 is 24.2 Å². The number of aliphatic carboxylic acids is 1. The number of methoxy groups -OCH3 is 1. The van der Waals surface area contributed by atoms with Crippen LogP contribution in [0.1, 0.15) is 27.2 Å². The Morgan fingerprint density at radius 3 is 2.26 bits per heavy atom. The monoisotopic (exact) mass is 274 g/mol. The number of hydrogen-bond donors (Lipinski definition) is 2. The van der Waals surface area contributed by atoms with Crippen LogP contribution in [0.4, 0.5) is 4.79 Å². The minimum absolute atomic E-state index is 0.136. The van der Waals surface area contributed by atoms with Gasteiger partial charge in [0.2, 0.25) is 0 Å². The van der Waals surface area contributed by atoms with E-state index in [0.29, 0.717) is 6.42 Å². The van der Waals surface area contributed by atoms with Gasteiger partial charge in [-0.05, 0) is 19.3 Å². The summed E-state index contributed by atoms with van der Waals surface area (Å²) >= 11 is 0. The fraction of sp³-hybridized carbons (Fsp3) is 0.750. The molecule has 0 aliphatic heterocycles. The summed E-state index contributed by atoms with van der Waals surface area (Å²) in [5.41, 5.74) is 0. The molecule has 0 aliphatic carbocycles. The Kier molecular flexibility index (Phi) is 7.55. The van der Waals surface area contributed by atoms with Crippen LogP contribution in [-0.2, 0) is 14.3 Å². The van der Waals surface area contributed by atoms with Gasteiger partial charge in [0, 0.05) is 6.54 Å². The maximum absolute atomic E-state index is 11.9. The molecule has 7 nitrogen and oxygen atoms in total. The molecule has 0 bridgehead atoms. The second kappa shape index (κ2) is 8.34. The van der Waals surface area contributed by atoms with Gasteiger partial charge in [0.25, 0.3) is 0 Å². The van der Waals surface area contributed by atoms with Crippen LogP contribution in [-0.4, -0.2) is 54.2 Å². The molecular formula is C12H22N2O5. The first kappa shape index (κ1) is 17.2. The number of ether oxygens (including phenoxy) is 1. The van der Waals surface area contributed by atoms with Crippen LogP contribution in [0.25, 0.3) is 0 Å². The quantitative estimate of drug-likeness (QED) is 0.666. The smallest absolute Gasteiger partial charge is 0.326 e. The molecule has 0 rings (SSSR count). The number of hydrogen-bond acceptors (Lipinski definition) is 4. The van der Waals surface area contributed by atoms with Crippen LogP contribution in [0.5, 0.6) is 0 Å². The van der Waals surface area contributed by atoms with Crippen LogP contribution < -0.4 is 5.32 Å². The Bertz CT molecular complexity index is 330. The van der Waals surface area contributed by atoms with E-state index in [1.807, 2.05) is 13.8 Å².